The second-order valence-corrected chi connectivity index (χ2v) is 5.84. The quantitative estimate of drug-likeness (QED) is 0.710. The minimum Gasteiger partial charge on any atom is -0.326 e. The van der Waals surface area contributed by atoms with Crippen LogP contribution in [0.1, 0.15) is 33.6 Å². The average molecular weight is 218 g/mol. The van der Waals surface area contributed by atoms with Gasteiger partial charge in [-0.2, -0.15) is 11.8 Å². The van der Waals surface area contributed by atoms with Crippen molar-refractivity contribution in [3.05, 3.63) is 0 Å². The molecular weight excluding hydrogens is 192 g/mol. The first-order chi connectivity index (χ1) is 6.37. The van der Waals surface area contributed by atoms with Crippen LogP contribution in [0.2, 0.25) is 0 Å². The first kappa shape index (κ1) is 14.3. The zero-order valence-corrected chi connectivity index (χ0v) is 11.2. The van der Waals surface area contributed by atoms with E-state index in [2.05, 4.69) is 39.0 Å². The molecule has 0 amide bonds. The topological polar surface area (TPSA) is 29.3 Å². The van der Waals surface area contributed by atoms with Gasteiger partial charge < -0.3 is 10.6 Å². The lowest BCUT2D eigenvalue weighted by molar-refractivity contribution is 0.231. The molecule has 0 heterocycles. The molecule has 0 saturated heterocycles. The van der Waals surface area contributed by atoms with Crippen molar-refractivity contribution in [2.45, 2.75) is 45.2 Å². The van der Waals surface area contributed by atoms with Crippen molar-refractivity contribution in [2.24, 2.45) is 5.73 Å². The van der Waals surface area contributed by atoms with E-state index in [1.165, 1.54) is 12.2 Å². The molecule has 2 N–H and O–H groups in total. The Morgan fingerprint density at radius 1 is 1.43 bits per heavy atom. The van der Waals surface area contributed by atoms with Crippen molar-refractivity contribution in [3.8, 4) is 0 Å². The zero-order valence-electron chi connectivity index (χ0n) is 10.3. The largest absolute Gasteiger partial charge is 0.326 e. The molecule has 14 heavy (non-hydrogen) atoms. The summed E-state index contributed by atoms with van der Waals surface area (Å²) in [6.07, 6.45) is 4.49. The van der Waals surface area contributed by atoms with Crippen LogP contribution in [-0.2, 0) is 0 Å². The van der Waals surface area contributed by atoms with Crippen molar-refractivity contribution in [1.29, 1.82) is 0 Å². The minimum atomic E-state index is -0.0342. The van der Waals surface area contributed by atoms with Gasteiger partial charge in [0.05, 0.1) is 0 Å². The molecule has 2 nitrogen and oxygen atoms in total. The maximum atomic E-state index is 5.95. The highest BCUT2D eigenvalue weighted by Gasteiger charge is 2.14. The third-order valence-corrected chi connectivity index (χ3v) is 3.24. The van der Waals surface area contributed by atoms with Crippen LogP contribution in [0.4, 0.5) is 0 Å². The van der Waals surface area contributed by atoms with Crippen LogP contribution in [0, 0.1) is 0 Å². The summed E-state index contributed by atoms with van der Waals surface area (Å²) < 4.78 is 0. The molecule has 0 radical (unpaired) electrons. The maximum absolute atomic E-state index is 5.95. The number of hydrogen-bond acceptors (Lipinski definition) is 3. The molecule has 0 spiro atoms. The van der Waals surface area contributed by atoms with Crippen molar-refractivity contribution < 1.29 is 0 Å². The van der Waals surface area contributed by atoms with Crippen molar-refractivity contribution >= 4 is 11.8 Å². The van der Waals surface area contributed by atoms with E-state index < -0.39 is 0 Å². The lowest BCUT2D eigenvalue weighted by Crippen LogP contribution is -2.39. The Morgan fingerprint density at radius 3 is 2.43 bits per heavy atom. The lowest BCUT2D eigenvalue weighted by atomic mass is 10.0. The van der Waals surface area contributed by atoms with E-state index >= 15 is 0 Å². The molecule has 1 atom stereocenters. The molecule has 1 unspecified atom stereocenters. The summed E-state index contributed by atoms with van der Waals surface area (Å²) >= 11 is 1.92. The van der Waals surface area contributed by atoms with Crippen LogP contribution in [0.5, 0.6) is 0 Å². The second-order valence-electron chi connectivity index (χ2n) is 4.85. The van der Waals surface area contributed by atoms with Gasteiger partial charge in [-0.3, -0.25) is 0 Å². The fourth-order valence-corrected chi connectivity index (χ4v) is 1.77. The lowest BCUT2D eigenvalue weighted by Gasteiger charge is -2.28. The highest BCUT2D eigenvalue weighted by Crippen LogP contribution is 2.09. The van der Waals surface area contributed by atoms with Gasteiger partial charge in [-0.25, -0.2) is 0 Å². The molecule has 0 bridgehead atoms. The van der Waals surface area contributed by atoms with Crippen LogP contribution in [0.15, 0.2) is 0 Å². The summed E-state index contributed by atoms with van der Waals surface area (Å²) in [6.45, 7) is 7.57. The molecular formula is C11H26N2S. The number of thioether (sulfide) groups is 1. The van der Waals surface area contributed by atoms with Gasteiger partial charge in [-0.15, -0.1) is 0 Å². The van der Waals surface area contributed by atoms with E-state index in [9.17, 15) is 0 Å². The van der Waals surface area contributed by atoms with Crippen molar-refractivity contribution in [2.75, 3.05) is 25.6 Å². The minimum absolute atomic E-state index is 0.0342. The van der Waals surface area contributed by atoms with E-state index in [0.29, 0.717) is 6.04 Å². The molecule has 0 aromatic carbocycles. The average Bonchev–Trinajstić information content (AvgIpc) is 2.09. The van der Waals surface area contributed by atoms with Gasteiger partial charge in [0.2, 0.25) is 0 Å². The van der Waals surface area contributed by atoms with Gasteiger partial charge >= 0.3 is 0 Å². The maximum Gasteiger partial charge on any atom is 0.0109 e. The molecule has 0 aliphatic rings. The van der Waals surface area contributed by atoms with Gasteiger partial charge in [-0.05, 0) is 59.2 Å². The Balaban J connectivity index is 3.67. The van der Waals surface area contributed by atoms with Crippen LogP contribution in [-0.4, -0.2) is 42.1 Å². The van der Waals surface area contributed by atoms with Gasteiger partial charge in [0.25, 0.3) is 0 Å². The number of hydrogen-bond donors (Lipinski definition) is 1. The first-order valence-electron chi connectivity index (χ1n) is 5.35. The highest BCUT2D eigenvalue weighted by molar-refractivity contribution is 7.98. The normalized spacial score (nSPS) is 14.8. The van der Waals surface area contributed by atoms with Crippen LogP contribution >= 0.6 is 11.8 Å². The summed E-state index contributed by atoms with van der Waals surface area (Å²) in [4.78, 5) is 2.41. The van der Waals surface area contributed by atoms with Gasteiger partial charge in [0.15, 0.2) is 0 Å². The van der Waals surface area contributed by atoms with Crippen LogP contribution < -0.4 is 5.73 Å². The van der Waals surface area contributed by atoms with Crippen LogP contribution in [0.25, 0.3) is 0 Å². The van der Waals surface area contributed by atoms with E-state index in [4.69, 9.17) is 5.73 Å². The summed E-state index contributed by atoms with van der Waals surface area (Å²) in [5.41, 5.74) is 5.92. The molecule has 0 aliphatic heterocycles. The second kappa shape index (κ2) is 6.70. The summed E-state index contributed by atoms with van der Waals surface area (Å²) in [5, 5.41) is 0. The Hall–Kier alpha value is 0.270. The Kier molecular flexibility index (Phi) is 6.83. The molecule has 0 fully saturated rings. The number of nitrogens with two attached hydrogens (primary N) is 1. The number of nitrogens with zero attached hydrogens (tertiary/aromatic N) is 1. The molecule has 0 aromatic rings. The molecule has 0 saturated carbocycles. The van der Waals surface area contributed by atoms with Gasteiger partial charge in [0, 0.05) is 11.6 Å². The standard InChI is InChI=1S/C11H26N2S/c1-10(6-9-14-5)13(4)8-7-11(2,3)12/h10H,6-9,12H2,1-5H3. The van der Waals surface area contributed by atoms with E-state index in [-0.39, 0.29) is 5.54 Å². The molecule has 86 valence electrons. The fourth-order valence-electron chi connectivity index (χ4n) is 1.19. The summed E-state index contributed by atoms with van der Waals surface area (Å²) in [7, 11) is 2.19. The smallest absolute Gasteiger partial charge is 0.0109 e. The van der Waals surface area contributed by atoms with Crippen molar-refractivity contribution in [1.82, 2.24) is 4.90 Å². The van der Waals surface area contributed by atoms with E-state index in [1.54, 1.807) is 0 Å². The Morgan fingerprint density at radius 2 is 2.00 bits per heavy atom. The zero-order chi connectivity index (χ0) is 11.2. The van der Waals surface area contributed by atoms with Gasteiger partial charge in [-0.1, -0.05) is 0 Å². The summed E-state index contributed by atoms with van der Waals surface area (Å²) in [5.74, 6) is 1.25. The SMILES string of the molecule is CSCCC(C)N(C)CCC(C)(C)N. The number of rotatable bonds is 7. The summed E-state index contributed by atoms with van der Waals surface area (Å²) in [6, 6.07) is 0.671. The van der Waals surface area contributed by atoms with Crippen molar-refractivity contribution in [3.63, 3.8) is 0 Å². The third-order valence-electron chi connectivity index (χ3n) is 2.60. The molecule has 0 aromatic heterocycles. The third kappa shape index (κ3) is 7.65. The highest BCUT2D eigenvalue weighted by atomic mass is 32.2. The molecule has 0 rings (SSSR count). The fraction of sp³-hybridized carbons (Fsp3) is 1.00. The van der Waals surface area contributed by atoms with E-state index in [0.717, 1.165) is 13.0 Å². The predicted molar refractivity (Wildman–Crippen MR) is 68.0 cm³/mol. The Bertz CT molecular complexity index is 143. The predicted octanol–water partition coefficient (Wildman–Crippen LogP) is 2.19. The molecule has 0 aliphatic carbocycles. The van der Waals surface area contributed by atoms with Crippen LogP contribution in [0.3, 0.4) is 0 Å². The monoisotopic (exact) mass is 218 g/mol. The Labute approximate surface area is 93.6 Å². The molecule has 3 heteroatoms. The van der Waals surface area contributed by atoms with E-state index in [1.807, 2.05) is 11.8 Å². The van der Waals surface area contributed by atoms with Gasteiger partial charge in [0.1, 0.15) is 0 Å². The first-order valence-corrected chi connectivity index (χ1v) is 6.74.